The lowest BCUT2D eigenvalue weighted by Crippen LogP contribution is -2.09. The molecule has 0 fully saturated rings. The molecule has 0 spiro atoms. The summed E-state index contributed by atoms with van der Waals surface area (Å²) in [5, 5.41) is 2.44. The molecule has 0 saturated carbocycles. The molecule has 1 N–H and O–H groups in total. The molecule has 0 aliphatic rings. The van der Waals surface area contributed by atoms with Gasteiger partial charge in [-0.05, 0) is 60.7 Å². The number of H-pyrrole nitrogens is 1. The van der Waals surface area contributed by atoms with E-state index in [1.807, 2.05) is 72.9 Å². The lowest BCUT2D eigenvalue weighted by atomic mass is 10.1. The number of aromatic amines is 1. The molecule has 2 aromatic heterocycles. The number of rotatable bonds is 4. The molecule has 200 valence electrons. The average molecular weight is 541 g/mol. The number of fused-ring (bicyclic) bond motifs is 4. The number of nitrogens with one attached hydrogen (secondary N) is 1. The van der Waals surface area contributed by atoms with Crippen LogP contribution in [0.1, 0.15) is 0 Å². The first kappa shape index (κ1) is 25.2. The topological polar surface area (TPSA) is 44.8 Å². The zero-order chi connectivity index (χ0) is 28.1. The summed E-state index contributed by atoms with van der Waals surface area (Å²) in [7, 11) is 0. The fourth-order valence-corrected chi connectivity index (χ4v) is 5.26. The first-order chi connectivity index (χ1) is 20.8. The Balaban J connectivity index is 0.000000430. The second-order valence-electron chi connectivity index (χ2n) is 10.0. The van der Waals surface area contributed by atoms with Gasteiger partial charge >= 0.3 is 0 Å². The van der Waals surface area contributed by atoms with E-state index in [4.69, 9.17) is 4.98 Å². The van der Waals surface area contributed by atoms with Crippen molar-refractivity contribution in [2.24, 2.45) is 0 Å². The van der Waals surface area contributed by atoms with Gasteiger partial charge in [-0.2, -0.15) is 0 Å². The van der Waals surface area contributed by atoms with Crippen LogP contribution in [0.25, 0.3) is 44.1 Å². The Kier molecular flexibility index (Phi) is 6.85. The molecule has 0 unspecified atom stereocenters. The van der Waals surface area contributed by atoms with Crippen LogP contribution in [-0.4, -0.2) is 15.0 Å². The summed E-state index contributed by atoms with van der Waals surface area (Å²) in [6, 6.07) is 54.0. The number of anilines is 3. The van der Waals surface area contributed by atoms with Gasteiger partial charge in [0.05, 0.1) is 22.9 Å². The lowest BCUT2D eigenvalue weighted by Gasteiger charge is -2.25. The van der Waals surface area contributed by atoms with E-state index in [2.05, 4.69) is 106 Å². The molecule has 4 heteroatoms. The SMILES string of the molecule is c1ccc(N(c2ccc(-c3cnc4ccccc4n3)cc2)c2ccc3[nH]c4ccccc4c3c2)cc1.c1ccccc1. The van der Waals surface area contributed by atoms with Crippen LogP contribution in [0.2, 0.25) is 0 Å². The molecule has 6 aromatic carbocycles. The largest absolute Gasteiger partial charge is 0.355 e. The minimum Gasteiger partial charge on any atom is -0.355 e. The molecule has 2 heterocycles. The van der Waals surface area contributed by atoms with Crippen molar-refractivity contribution in [3.8, 4) is 11.3 Å². The third-order valence-corrected chi connectivity index (χ3v) is 7.30. The van der Waals surface area contributed by atoms with Crippen molar-refractivity contribution in [3.05, 3.63) is 164 Å². The fourth-order valence-electron chi connectivity index (χ4n) is 5.26. The summed E-state index contributed by atoms with van der Waals surface area (Å²) in [6.45, 7) is 0. The van der Waals surface area contributed by atoms with Gasteiger partial charge in [-0.1, -0.05) is 97.1 Å². The maximum atomic E-state index is 4.81. The Bertz CT molecular complexity index is 2060. The highest BCUT2D eigenvalue weighted by Gasteiger charge is 2.15. The highest BCUT2D eigenvalue weighted by molar-refractivity contribution is 6.08. The summed E-state index contributed by atoms with van der Waals surface area (Å²) >= 11 is 0. The van der Waals surface area contributed by atoms with Gasteiger partial charge in [-0.15, -0.1) is 0 Å². The monoisotopic (exact) mass is 540 g/mol. The van der Waals surface area contributed by atoms with Crippen LogP contribution in [-0.2, 0) is 0 Å². The smallest absolute Gasteiger partial charge is 0.0894 e. The van der Waals surface area contributed by atoms with E-state index in [1.165, 1.54) is 10.8 Å². The molecular formula is C38H28N4. The predicted octanol–water partition coefficient (Wildman–Crippen LogP) is 10.1. The van der Waals surface area contributed by atoms with Crippen LogP contribution in [0.5, 0.6) is 0 Å². The maximum Gasteiger partial charge on any atom is 0.0894 e. The molecule has 0 aliphatic carbocycles. The van der Waals surface area contributed by atoms with Crippen LogP contribution in [0.3, 0.4) is 0 Å². The van der Waals surface area contributed by atoms with Crippen LogP contribution in [0, 0.1) is 0 Å². The van der Waals surface area contributed by atoms with Crippen molar-refractivity contribution in [3.63, 3.8) is 0 Å². The number of para-hydroxylation sites is 4. The quantitative estimate of drug-likeness (QED) is 0.242. The lowest BCUT2D eigenvalue weighted by molar-refractivity contribution is 1.27. The highest BCUT2D eigenvalue weighted by atomic mass is 15.1. The van der Waals surface area contributed by atoms with Crippen molar-refractivity contribution < 1.29 is 0 Å². The Hall–Kier alpha value is -5.74. The van der Waals surface area contributed by atoms with Gasteiger partial charge in [0, 0.05) is 44.4 Å². The zero-order valence-electron chi connectivity index (χ0n) is 22.9. The van der Waals surface area contributed by atoms with Gasteiger partial charge in [0.25, 0.3) is 0 Å². The standard InChI is InChI=1S/C32H22N4.C6H6/c1-2-8-23(9-3-1)36(25-18-19-29-27(20-25)26-10-4-5-11-28(26)34-29)24-16-14-22(15-17-24)32-21-33-30-12-6-7-13-31(30)35-32;1-2-4-6-5-3-1/h1-21,34H;1-6H. The Morgan fingerprint density at radius 1 is 0.452 bits per heavy atom. The normalized spacial score (nSPS) is 10.9. The molecule has 42 heavy (non-hydrogen) atoms. The van der Waals surface area contributed by atoms with E-state index < -0.39 is 0 Å². The summed E-state index contributed by atoms with van der Waals surface area (Å²) in [5.74, 6) is 0. The molecule has 0 aliphatic heterocycles. The number of hydrogen-bond donors (Lipinski definition) is 1. The number of aromatic nitrogens is 3. The minimum atomic E-state index is 0.867. The van der Waals surface area contributed by atoms with Crippen LogP contribution in [0.15, 0.2) is 164 Å². The molecular weight excluding hydrogens is 512 g/mol. The van der Waals surface area contributed by atoms with Crippen molar-refractivity contribution in [2.45, 2.75) is 0 Å². The van der Waals surface area contributed by atoms with Gasteiger partial charge in [0.1, 0.15) is 0 Å². The third kappa shape index (κ3) is 5.09. The Morgan fingerprint density at radius 2 is 1.02 bits per heavy atom. The average Bonchev–Trinajstić information content (AvgIpc) is 3.45. The summed E-state index contributed by atoms with van der Waals surface area (Å²) in [5.41, 5.74) is 9.29. The van der Waals surface area contributed by atoms with E-state index in [9.17, 15) is 0 Å². The van der Waals surface area contributed by atoms with Crippen LogP contribution in [0.4, 0.5) is 17.1 Å². The summed E-state index contributed by atoms with van der Waals surface area (Å²) in [6.07, 6.45) is 1.84. The highest BCUT2D eigenvalue weighted by Crippen LogP contribution is 2.38. The number of nitrogens with zero attached hydrogens (tertiary/aromatic N) is 3. The molecule has 4 nitrogen and oxygen atoms in total. The van der Waals surface area contributed by atoms with Crippen LogP contribution < -0.4 is 4.90 Å². The number of benzene rings is 6. The van der Waals surface area contributed by atoms with Gasteiger partial charge in [0.15, 0.2) is 0 Å². The Morgan fingerprint density at radius 3 is 1.79 bits per heavy atom. The van der Waals surface area contributed by atoms with E-state index in [0.29, 0.717) is 0 Å². The van der Waals surface area contributed by atoms with Crippen molar-refractivity contribution in [1.82, 2.24) is 15.0 Å². The van der Waals surface area contributed by atoms with Crippen molar-refractivity contribution in [2.75, 3.05) is 4.90 Å². The summed E-state index contributed by atoms with van der Waals surface area (Å²) < 4.78 is 0. The first-order valence-electron chi connectivity index (χ1n) is 14.0. The van der Waals surface area contributed by atoms with Crippen LogP contribution >= 0.6 is 0 Å². The van der Waals surface area contributed by atoms with E-state index >= 15 is 0 Å². The summed E-state index contributed by atoms with van der Waals surface area (Å²) in [4.78, 5) is 15.2. The molecule has 0 amide bonds. The van der Waals surface area contributed by atoms with Gasteiger partial charge < -0.3 is 9.88 Å². The fraction of sp³-hybridized carbons (Fsp3) is 0. The minimum absolute atomic E-state index is 0.867. The number of hydrogen-bond acceptors (Lipinski definition) is 3. The molecule has 0 saturated heterocycles. The second kappa shape index (κ2) is 11.4. The molecule has 0 atom stereocenters. The van der Waals surface area contributed by atoms with E-state index in [0.717, 1.165) is 50.4 Å². The van der Waals surface area contributed by atoms with Gasteiger partial charge in [0.2, 0.25) is 0 Å². The molecule has 8 aromatic rings. The molecule has 0 radical (unpaired) electrons. The van der Waals surface area contributed by atoms with Gasteiger partial charge in [-0.25, -0.2) is 4.98 Å². The van der Waals surface area contributed by atoms with Crippen molar-refractivity contribution >= 4 is 49.9 Å². The van der Waals surface area contributed by atoms with E-state index in [-0.39, 0.29) is 0 Å². The van der Waals surface area contributed by atoms with Gasteiger partial charge in [-0.3, -0.25) is 4.98 Å². The van der Waals surface area contributed by atoms with Crippen molar-refractivity contribution in [1.29, 1.82) is 0 Å². The zero-order valence-corrected chi connectivity index (χ0v) is 22.9. The Labute approximate surface area is 244 Å². The first-order valence-corrected chi connectivity index (χ1v) is 14.0. The third-order valence-electron chi connectivity index (χ3n) is 7.30. The maximum absolute atomic E-state index is 4.81. The predicted molar refractivity (Wildman–Crippen MR) is 175 cm³/mol. The van der Waals surface area contributed by atoms with E-state index in [1.54, 1.807) is 0 Å². The second-order valence-corrected chi connectivity index (χ2v) is 10.0. The molecule has 0 bridgehead atoms. The molecule has 8 rings (SSSR count).